The zero-order valence-electron chi connectivity index (χ0n) is 4.64. The van der Waals surface area contributed by atoms with E-state index in [0.717, 1.165) is 6.42 Å². The van der Waals surface area contributed by atoms with Crippen LogP contribution in [0.3, 0.4) is 0 Å². The molecule has 1 atom stereocenters. The Hall–Kier alpha value is -0.220. The van der Waals surface area contributed by atoms with Gasteiger partial charge in [-0.3, -0.25) is 0 Å². The average Bonchev–Trinajstić information content (AvgIpc) is 1.65. The topological polar surface area (TPSA) is 23.8 Å². The SMILES string of the molecule is CCC(C)C#N.Cl. The van der Waals surface area contributed by atoms with Gasteiger partial charge in [0.15, 0.2) is 0 Å². The van der Waals surface area contributed by atoms with E-state index in [1.165, 1.54) is 0 Å². The number of halogens is 1. The molecule has 0 aromatic heterocycles. The van der Waals surface area contributed by atoms with Gasteiger partial charge in [0.1, 0.15) is 0 Å². The van der Waals surface area contributed by atoms with Crippen molar-refractivity contribution in [3.63, 3.8) is 0 Å². The summed E-state index contributed by atoms with van der Waals surface area (Å²) in [4.78, 5) is 0. The first-order valence-corrected chi connectivity index (χ1v) is 2.20. The van der Waals surface area contributed by atoms with Crippen LogP contribution in [0.5, 0.6) is 0 Å². The summed E-state index contributed by atoms with van der Waals surface area (Å²) >= 11 is 0. The third-order valence-electron chi connectivity index (χ3n) is 0.833. The molecule has 0 aliphatic carbocycles. The summed E-state index contributed by atoms with van der Waals surface area (Å²) in [6.07, 6.45) is 0.969. The standard InChI is InChI=1S/C5H9N.ClH/c1-3-5(2)4-6;/h5H,3H2,1-2H3;1H. The number of nitriles is 1. The van der Waals surface area contributed by atoms with E-state index in [-0.39, 0.29) is 18.3 Å². The fourth-order valence-corrected chi connectivity index (χ4v) is 0.0913. The summed E-state index contributed by atoms with van der Waals surface area (Å²) in [7, 11) is 0. The maximum absolute atomic E-state index is 8.08. The van der Waals surface area contributed by atoms with Crippen LogP contribution in [-0.4, -0.2) is 0 Å². The highest BCUT2D eigenvalue weighted by Gasteiger charge is 1.88. The molecule has 1 unspecified atom stereocenters. The second-order valence-electron chi connectivity index (χ2n) is 1.44. The van der Waals surface area contributed by atoms with E-state index in [9.17, 15) is 0 Å². The van der Waals surface area contributed by atoms with E-state index in [2.05, 4.69) is 6.07 Å². The predicted molar refractivity (Wildman–Crippen MR) is 32.3 cm³/mol. The number of hydrogen-bond acceptors (Lipinski definition) is 1. The minimum atomic E-state index is 0. The van der Waals surface area contributed by atoms with Gasteiger partial charge in [0.05, 0.1) is 6.07 Å². The van der Waals surface area contributed by atoms with Gasteiger partial charge < -0.3 is 0 Å². The Kier molecular flexibility index (Phi) is 8.19. The average molecular weight is 120 g/mol. The molecule has 42 valence electrons. The smallest absolute Gasteiger partial charge is 0.0652 e. The van der Waals surface area contributed by atoms with Gasteiger partial charge in [0.2, 0.25) is 0 Å². The summed E-state index contributed by atoms with van der Waals surface area (Å²) < 4.78 is 0. The molecule has 0 spiro atoms. The fraction of sp³-hybridized carbons (Fsp3) is 0.800. The molecule has 0 aromatic rings. The Labute approximate surface area is 50.7 Å². The zero-order chi connectivity index (χ0) is 4.99. The van der Waals surface area contributed by atoms with Crippen molar-refractivity contribution in [2.45, 2.75) is 20.3 Å². The molecular weight excluding hydrogens is 110 g/mol. The first-order valence-electron chi connectivity index (χ1n) is 2.20. The predicted octanol–water partition coefficient (Wildman–Crippen LogP) is 1.98. The Morgan fingerprint density at radius 3 is 2.14 bits per heavy atom. The molecule has 0 amide bonds. The van der Waals surface area contributed by atoms with E-state index in [1.807, 2.05) is 13.8 Å². The van der Waals surface area contributed by atoms with Crippen LogP contribution in [0.25, 0.3) is 0 Å². The van der Waals surface area contributed by atoms with E-state index in [0.29, 0.717) is 0 Å². The second kappa shape index (κ2) is 5.78. The summed E-state index contributed by atoms with van der Waals surface area (Å²) in [5, 5.41) is 8.08. The quantitative estimate of drug-likeness (QED) is 0.518. The van der Waals surface area contributed by atoms with Crippen molar-refractivity contribution < 1.29 is 0 Å². The van der Waals surface area contributed by atoms with Gasteiger partial charge in [-0.15, -0.1) is 12.4 Å². The molecular formula is C5H10ClN. The molecule has 0 fully saturated rings. The molecule has 1 nitrogen and oxygen atoms in total. The molecule has 0 heterocycles. The van der Waals surface area contributed by atoms with Gasteiger partial charge in [-0.05, 0) is 13.3 Å². The molecule has 0 radical (unpaired) electrons. The van der Waals surface area contributed by atoms with Crippen molar-refractivity contribution >= 4 is 12.4 Å². The Morgan fingerprint density at radius 2 is 2.14 bits per heavy atom. The first-order chi connectivity index (χ1) is 2.81. The van der Waals surface area contributed by atoms with Crippen LogP contribution < -0.4 is 0 Å². The third-order valence-corrected chi connectivity index (χ3v) is 0.833. The summed E-state index contributed by atoms with van der Waals surface area (Å²) in [5.41, 5.74) is 0. The molecule has 7 heavy (non-hydrogen) atoms. The van der Waals surface area contributed by atoms with Crippen molar-refractivity contribution in [3.05, 3.63) is 0 Å². The minimum absolute atomic E-state index is 0. The number of nitrogens with zero attached hydrogens (tertiary/aromatic N) is 1. The van der Waals surface area contributed by atoms with Crippen LogP contribution >= 0.6 is 12.4 Å². The van der Waals surface area contributed by atoms with E-state index >= 15 is 0 Å². The molecule has 0 saturated carbocycles. The maximum atomic E-state index is 8.08. The van der Waals surface area contributed by atoms with Crippen molar-refractivity contribution in [1.29, 1.82) is 5.26 Å². The van der Waals surface area contributed by atoms with E-state index in [1.54, 1.807) is 0 Å². The Balaban J connectivity index is 0. The van der Waals surface area contributed by atoms with Crippen LogP contribution in [0.1, 0.15) is 20.3 Å². The number of rotatable bonds is 1. The lowest BCUT2D eigenvalue weighted by Crippen LogP contribution is -1.81. The highest BCUT2D eigenvalue weighted by molar-refractivity contribution is 5.85. The summed E-state index contributed by atoms with van der Waals surface area (Å²) in [5.74, 6) is 0.241. The summed E-state index contributed by atoms with van der Waals surface area (Å²) in [6, 6.07) is 2.11. The molecule has 0 aliphatic rings. The lowest BCUT2D eigenvalue weighted by atomic mass is 10.2. The van der Waals surface area contributed by atoms with Crippen molar-refractivity contribution in [3.8, 4) is 6.07 Å². The highest BCUT2D eigenvalue weighted by atomic mass is 35.5. The van der Waals surface area contributed by atoms with E-state index < -0.39 is 0 Å². The normalized spacial score (nSPS) is 11.0. The lowest BCUT2D eigenvalue weighted by molar-refractivity contribution is 0.713. The Morgan fingerprint density at radius 1 is 1.71 bits per heavy atom. The van der Waals surface area contributed by atoms with Crippen LogP contribution in [0.15, 0.2) is 0 Å². The molecule has 0 bridgehead atoms. The van der Waals surface area contributed by atoms with Gasteiger partial charge >= 0.3 is 0 Å². The molecule has 0 N–H and O–H groups in total. The second-order valence-corrected chi connectivity index (χ2v) is 1.44. The highest BCUT2D eigenvalue weighted by Crippen LogP contribution is 1.94. The number of hydrogen-bond donors (Lipinski definition) is 0. The summed E-state index contributed by atoms with van der Waals surface area (Å²) in [6.45, 7) is 3.92. The van der Waals surface area contributed by atoms with Crippen LogP contribution in [0, 0.1) is 17.2 Å². The molecule has 0 rings (SSSR count). The van der Waals surface area contributed by atoms with Crippen LogP contribution in [0.2, 0.25) is 0 Å². The van der Waals surface area contributed by atoms with Crippen LogP contribution in [0.4, 0.5) is 0 Å². The molecule has 0 aliphatic heterocycles. The minimum Gasteiger partial charge on any atom is -0.198 e. The van der Waals surface area contributed by atoms with Gasteiger partial charge in [0.25, 0.3) is 0 Å². The lowest BCUT2D eigenvalue weighted by Gasteiger charge is -1.87. The maximum Gasteiger partial charge on any atom is 0.0652 e. The van der Waals surface area contributed by atoms with Crippen molar-refractivity contribution in [2.75, 3.05) is 0 Å². The van der Waals surface area contributed by atoms with Gasteiger partial charge in [-0.2, -0.15) is 5.26 Å². The van der Waals surface area contributed by atoms with Gasteiger partial charge in [-0.25, -0.2) is 0 Å². The van der Waals surface area contributed by atoms with Crippen molar-refractivity contribution in [2.24, 2.45) is 5.92 Å². The Bertz CT molecular complexity index is 65.0. The first kappa shape index (κ1) is 9.91. The fourth-order valence-electron chi connectivity index (χ4n) is 0.0913. The third kappa shape index (κ3) is 5.78. The monoisotopic (exact) mass is 119 g/mol. The van der Waals surface area contributed by atoms with Gasteiger partial charge in [0, 0.05) is 5.92 Å². The van der Waals surface area contributed by atoms with Crippen molar-refractivity contribution in [1.82, 2.24) is 0 Å². The largest absolute Gasteiger partial charge is 0.198 e. The molecule has 0 aromatic carbocycles. The van der Waals surface area contributed by atoms with Crippen LogP contribution in [-0.2, 0) is 0 Å². The molecule has 0 saturated heterocycles. The zero-order valence-corrected chi connectivity index (χ0v) is 5.46. The van der Waals surface area contributed by atoms with Gasteiger partial charge in [-0.1, -0.05) is 6.92 Å². The van der Waals surface area contributed by atoms with E-state index in [4.69, 9.17) is 5.26 Å². The molecule has 2 heteroatoms.